The second kappa shape index (κ2) is 2.38. The molecule has 1 nitrogen and oxygen atoms in total. The van der Waals surface area contributed by atoms with Gasteiger partial charge in [-0.3, -0.25) is 0 Å². The molecule has 0 aromatic rings. The van der Waals surface area contributed by atoms with E-state index in [0.717, 1.165) is 0 Å². The van der Waals surface area contributed by atoms with Gasteiger partial charge in [0.1, 0.15) is 0 Å². The molecule has 74 valence electrons. The van der Waals surface area contributed by atoms with E-state index < -0.39 is 5.60 Å². The molecule has 2 aliphatic carbocycles. The van der Waals surface area contributed by atoms with Crippen LogP contribution in [0.2, 0.25) is 0 Å². The Hall–Kier alpha value is -0.300. The van der Waals surface area contributed by atoms with E-state index in [2.05, 4.69) is 33.8 Å². The van der Waals surface area contributed by atoms with E-state index in [1.54, 1.807) is 0 Å². The van der Waals surface area contributed by atoms with Gasteiger partial charge in [-0.1, -0.05) is 32.4 Å². The number of aliphatic hydroxyl groups is 1. The van der Waals surface area contributed by atoms with Crippen LogP contribution in [0.4, 0.5) is 0 Å². The lowest BCUT2D eigenvalue weighted by molar-refractivity contribution is -0.0903. The SMILES string of the molecule is CC1=C[C@H]2CC[C@H]1[C@@]2(O)C(C)(C)C. The molecule has 13 heavy (non-hydrogen) atoms. The highest BCUT2D eigenvalue weighted by Gasteiger charge is 2.58. The molecule has 0 aromatic carbocycles. The molecule has 0 amide bonds. The molecule has 1 N–H and O–H groups in total. The Bertz CT molecular complexity index is 259. The maximum absolute atomic E-state index is 10.7. The lowest BCUT2D eigenvalue weighted by Crippen LogP contribution is -2.48. The largest absolute Gasteiger partial charge is 0.388 e. The lowest BCUT2D eigenvalue weighted by atomic mass is 9.69. The van der Waals surface area contributed by atoms with Gasteiger partial charge in [0, 0.05) is 11.8 Å². The average Bonchev–Trinajstić information content (AvgIpc) is 2.40. The van der Waals surface area contributed by atoms with Crippen LogP contribution in [0.25, 0.3) is 0 Å². The molecule has 3 atom stereocenters. The highest BCUT2D eigenvalue weighted by Crippen LogP contribution is 2.58. The van der Waals surface area contributed by atoms with Gasteiger partial charge >= 0.3 is 0 Å². The van der Waals surface area contributed by atoms with Crippen LogP contribution in [0.3, 0.4) is 0 Å². The Morgan fingerprint density at radius 2 is 2.00 bits per heavy atom. The molecule has 1 heteroatoms. The van der Waals surface area contributed by atoms with Gasteiger partial charge < -0.3 is 5.11 Å². The fraction of sp³-hybridized carbons (Fsp3) is 0.833. The van der Waals surface area contributed by atoms with Crippen molar-refractivity contribution in [3.05, 3.63) is 11.6 Å². The third-order valence-electron chi connectivity index (χ3n) is 4.08. The van der Waals surface area contributed by atoms with Gasteiger partial charge in [0.25, 0.3) is 0 Å². The van der Waals surface area contributed by atoms with Crippen molar-refractivity contribution in [3.8, 4) is 0 Å². The van der Waals surface area contributed by atoms with Crippen LogP contribution >= 0.6 is 0 Å². The van der Waals surface area contributed by atoms with Crippen LogP contribution in [0.1, 0.15) is 40.5 Å². The monoisotopic (exact) mass is 180 g/mol. The molecule has 1 fully saturated rings. The third kappa shape index (κ3) is 0.969. The quantitative estimate of drug-likeness (QED) is 0.568. The fourth-order valence-corrected chi connectivity index (χ4v) is 3.34. The second-order valence-corrected chi connectivity index (χ2v) is 5.72. The first-order valence-electron chi connectivity index (χ1n) is 5.28. The van der Waals surface area contributed by atoms with E-state index in [1.807, 2.05) is 0 Å². The zero-order valence-corrected chi connectivity index (χ0v) is 9.09. The zero-order chi connectivity index (χ0) is 9.85. The van der Waals surface area contributed by atoms with Gasteiger partial charge in [-0.15, -0.1) is 0 Å². The predicted molar refractivity (Wildman–Crippen MR) is 54.4 cm³/mol. The minimum atomic E-state index is -0.461. The van der Waals surface area contributed by atoms with Crippen molar-refractivity contribution >= 4 is 0 Å². The molecular formula is C12H20O. The highest BCUT2D eigenvalue weighted by molar-refractivity contribution is 5.29. The normalized spacial score (nSPS) is 43.9. The Labute approximate surface area is 80.8 Å². The van der Waals surface area contributed by atoms with Crippen LogP contribution in [0, 0.1) is 17.3 Å². The van der Waals surface area contributed by atoms with Crippen LogP contribution in [0.5, 0.6) is 0 Å². The summed E-state index contributed by atoms with van der Waals surface area (Å²) in [7, 11) is 0. The van der Waals surface area contributed by atoms with E-state index in [1.165, 1.54) is 18.4 Å². The molecule has 0 unspecified atom stereocenters. The van der Waals surface area contributed by atoms with Gasteiger partial charge in [0.2, 0.25) is 0 Å². The number of hydrogen-bond acceptors (Lipinski definition) is 1. The summed E-state index contributed by atoms with van der Waals surface area (Å²) in [5.41, 5.74) is 0.957. The van der Waals surface area contributed by atoms with Crippen molar-refractivity contribution in [3.63, 3.8) is 0 Å². The van der Waals surface area contributed by atoms with Crippen LogP contribution in [-0.2, 0) is 0 Å². The smallest absolute Gasteiger partial charge is 0.0822 e. The molecule has 2 aliphatic rings. The van der Waals surface area contributed by atoms with Gasteiger partial charge in [-0.2, -0.15) is 0 Å². The van der Waals surface area contributed by atoms with Crippen molar-refractivity contribution in [2.24, 2.45) is 17.3 Å². The topological polar surface area (TPSA) is 20.2 Å². The molecule has 0 spiro atoms. The standard InChI is InChI=1S/C12H20O/c1-8-7-9-5-6-10(8)12(9,13)11(2,3)4/h7,9-10,13H,5-6H2,1-4H3/t9-,10-,12-/m1/s1. The minimum absolute atomic E-state index is 0.00704. The molecule has 0 radical (unpaired) electrons. The van der Waals surface area contributed by atoms with E-state index in [9.17, 15) is 5.11 Å². The molecule has 0 aromatic heterocycles. The number of rotatable bonds is 0. The minimum Gasteiger partial charge on any atom is -0.388 e. The highest BCUT2D eigenvalue weighted by atomic mass is 16.3. The van der Waals surface area contributed by atoms with E-state index >= 15 is 0 Å². The van der Waals surface area contributed by atoms with Crippen molar-refractivity contribution < 1.29 is 5.11 Å². The molecule has 2 bridgehead atoms. The van der Waals surface area contributed by atoms with E-state index in [-0.39, 0.29) is 5.41 Å². The van der Waals surface area contributed by atoms with Gasteiger partial charge in [-0.05, 0) is 25.2 Å². The first kappa shape index (κ1) is 9.26. The van der Waals surface area contributed by atoms with Crippen LogP contribution in [-0.4, -0.2) is 10.7 Å². The summed E-state index contributed by atoms with van der Waals surface area (Å²) in [6, 6.07) is 0. The molecule has 0 heterocycles. The first-order valence-corrected chi connectivity index (χ1v) is 5.28. The van der Waals surface area contributed by atoms with E-state index in [0.29, 0.717) is 11.8 Å². The summed E-state index contributed by atoms with van der Waals surface area (Å²) < 4.78 is 0. The van der Waals surface area contributed by atoms with Crippen molar-refractivity contribution in [1.29, 1.82) is 0 Å². The van der Waals surface area contributed by atoms with Crippen LogP contribution in [0.15, 0.2) is 11.6 Å². The van der Waals surface area contributed by atoms with Crippen LogP contribution < -0.4 is 0 Å². The summed E-state index contributed by atoms with van der Waals surface area (Å²) in [6.45, 7) is 8.64. The van der Waals surface area contributed by atoms with Crippen molar-refractivity contribution in [2.45, 2.75) is 46.1 Å². The maximum atomic E-state index is 10.7. The molecule has 0 saturated heterocycles. The van der Waals surface area contributed by atoms with Crippen molar-refractivity contribution in [1.82, 2.24) is 0 Å². The third-order valence-corrected chi connectivity index (χ3v) is 4.08. The predicted octanol–water partition coefficient (Wildman–Crippen LogP) is 2.75. The summed E-state index contributed by atoms with van der Waals surface area (Å²) in [4.78, 5) is 0. The summed E-state index contributed by atoms with van der Waals surface area (Å²) >= 11 is 0. The van der Waals surface area contributed by atoms with E-state index in [4.69, 9.17) is 0 Å². The summed E-state index contributed by atoms with van der Waals surface area (Å²) in [6.07, 6.45) is 4.65. The van der Waals surface area contributed by atoms with Gasteiger partial charge in [0.15, 0.2) is 0 Å². The molecule has 0 aliphatic heterocycles. The first-order chi connectivity index (χ1) is 5.87. The van der Waals surface area contributed by atoms with Crippen molar-refractivity contribution in [2.75, 3.05) is 0 Å². The number of fused-ring (bicyclic) bond motifs is 2. The molecular weight excluding hydrogens is 160 g/mol. The maximum Gasteiger partial charge on any atom is 0.0822 e. The lowest BCUT2D eigenvalue weighted by Gasteiger charge is -2.42. The Morgan fingerprint density at radius 3 is 2.23 bits per heavy atom. The number of hydrogen-bond donors (Lipinski definition) is 1. The second-order valence-electron chi connectivity index (χ2n) is 5.72. The van der Waals surface area contributed by atoms with Gasteiger partial charge in [0.05, 0.1) is 5.60 Å². The molecule has 1 saturated carbocycles. The average molecular weight is 180 g/mol. The van der Waals surface area contributed by atoms with Gasteiger partial charge in [-0.25, -0.2) is 0 Å². The fourth-order valence-electron chi connectivity index (χ4n) is 3.34. The Morgan fingerprint density at radius 1 is 1.38 bits per heavy atom. The summed E-state index contributed by atoms with van der Waals surface area (Å²) in [5.74, 6) is 0.843. The zero-order valence-electron chi connectivity index (χ0n) is 9.09. The Kier molecular flexibility index (Phi) is 1.70. The Balaban J connectivity index is 2.39. The molecule has 2 rings (SSSR count). The summed E-state index contributed by atoms with van der Waals surface area (Å²) in [5, 5.41) is 10.7.